The summed E-state index contributed by atoms with van der Waals surface area (Å²) >= 11 is 0. The smallest absolute Gasteiger partial charge is 0.331 e. The summed E-state index contributed by atoms with van der Waals surface area (Å²) in [5, 5.41) is 10.4. The van der Waals surface area contributed by atoms with Crippen molar-refractivity contribution in [2.75, 3.05) is 19.6 Å². The summed E-state index contributed by atoms with van der Waals surface area (Å²) in [6.07, 6.45) is -1.23. The average molecular weight is 297 g/mol. The van der Waals surface area contributed by atoms with Gasteiger partial charge in [0.15, 0.2) is 0 Å². The van der Waals surface area contributed by atoms with Gasteiger partial charge in [-0.05, 0) is 18.8 Å². The van der Waals surface area contributed by atoms with Gasteiger partial charge >= 0.3 is 12.1 Å². The standard InChI is InChI=1S/C15H27N3O3/c1-10(2)7-16-13(19)17(8-11(3)4)15(21)18(14(16)20)9-12(5)6/h11-13,19H,1,7-9H2,2-6H3. The normalized spacial score (nSPS) is 20.0. The van der Waals surface area contributed by atoms with Gasteiger partial charge in [0.25, 0.3) is 0 Å². The summed E-state index contributed by atoms with van der Waals surface area (Å²) in [6, 6.07) is -0.878. The highest BCUT2D eigenvalue weighted by Crippen LogP contribution is 2.21. The molecule has 1 aliphatic rings. The third kappa shape index (κ3) is 4.20. The van der Waals surface area contributed by atoms with Crippen LogP contribution in [-0.2, 0) is 0 Å². The predicted octanol–water partition coefficient (Wildman–Crippen LogP) is 2.31. The summed E-state index contributed by atoms with van der Waals surface area (Å²) in [5.41, 5.74) is 0.755. The van der Waals surface area contributed by atoms with E-state index in [0.717, 1.165) is 5.57 Å². The SMILES string of the molecule is C=C(C)CN1C(=O)N(CC(C)C)C(=O)N(CC(C)C)C1O. The Morgan fingerprint density at radius 1 is 1.10 bits per heavy atom. The molecule has 6 heteroatoms. The summed E-state index contributed by atoms with van der Waals surface area (Å²) in [4.78, 5) is 28.8. The Bertz CT molecular complexity index is 420. The molecule has 1 heterocycles. The maximum atomic E-state index is 12.5. The number of carbonyl (C=O) groups excluding carboxylic acids is 2. The Hall–Kier alpha value is -1.56. The van der Waals surface area contributed by atoms with Crippen LogP contribution in [0.1, 0.15) is 34.6 Å². The number of aliphatic hydroxyl groups is 1. The number of hydrogen-bond acceptors (Lipinski definition) is 3. The van der Waals surface area contributed by atoms with Gasteiger partial charge in [-0.1, -0.05) is 39.8 Å². The van der Waals surface area contributed by atoms with Crippen molar-refractivity contribution in [3.63, 3.8) is 0 Å². The van der Waals surface area contributed by atoms with E-state index >= 15 is 0 Å². The van der Waals surface area contributed by atoms with Crippen molar-refractivity contribution in [3.05, 3.63) is 12.2 Å². The Morgan fingerprint density at radius 2 is 1.57 bits per heavy atom. The lowest BCUT2D eigenvalue weighted by Crippen LogP contribution is -2.67. The number of rotatable bonds is 6. The number of imide groups is 1. The average Bonchev–Trinajstić information content (AvgIpc) is 2.35. The first-order valence-electron chi connectivity index (χ1n) is 7.36. The van der Waals surface area contributed by atoms with Crippen LogP contribution >= 0.6 is 0 Å². The van der Waals surface area contributed by atoms with Crippen LogP contribution in [0, 0.1) is 11.8 Å². The van der Waals surface area contributed by atoms with E-state index in [2.05, 4.69) is 6.58 Å². The van der Waals surface area contributed by atoms with Crippen molar-refractivity contribution in [1.82, 2.24) is 14.7 Å². The molecule has 120 valence electrons. The predicted molar refractivity (Wildman–Crippen MR) is 81.4 cm³/mol. The first-order valence-corrected chi connectivity index (χ1v) is 7.36. The minimum atomic E-state index is -1.23. The summed E-state index contributed by atoms with van der Waals surface area (Å²) in [6.45, 7) is 14.4. The number of amides is 4. The molecule has 0 aliphatic carbocycles. The molecule has 4 amide bonds. The fraction of sp³-hybridized carbons (Fsp3) is 0.733. The van der Waals surface area contributed by atoms with Gasteiger partial charge in [0.2, 0.25) is 6.35 Å². The molecule has 0 aromatic carbocycles. The first-order chi connectivity index (χ1) is 9.65. The van der Waals surface area contributed by atoms with Gasteiger partial charge in [-0.25, -0.2) is 14.5 Å². The molecule has 1 aliphatic heterocycles. The van der Waals surface area contributed by atoms with Gasteiger partial charge < -0.3 is 5.11 Å². The van der Waals surface area contributed by atoms with Crippen molar-refractivity contribution in [2.24, 2.45) is 11.8 Å². The number of nitrogens with zero attached hydrogens (tertiary/aromatic N) is 3. The molecular formula is C15H27N3O3. The highest BCUT2D eigenvalue weighted by atomic mass is 16.3. The minimum absolute atomic E-state index is 0.167. The van der Waals surface area contributed by atoms with E-state index in [9.17, 15) is 14.7 Å². The van der Waals surface area contributed by atoms with Crippen molar-refractivity contribution in [3.8, 4) is 0 Å². The molecule has 1 saturated heterocycles. The van der Waals surface area contributed by atoms with Crippen LogP contribution in [0.25, 0.3) is 0 Å². The van der Waals surface area contributed by atoms with E-state index in [4.69, 9.17) is 0 Å². The molecule has 0 bridgehead atoms. The Kier molecular flexibility index (Phi) is 5.78. The van der Waals surface area contributed by atoms with Crippen LogP contribution in [0.5, 0.6) is 0 Å². The van der Waals surface area contributed by atoms with Crippen LogP contribution in [0.4, 0.5) is 9.59 Å². The van der Waals surface area contributed by atoms with Gasteiger partial charge in [-0.15, -0.1) is 0 Å². The van der Waals surface area contributed by atoms with E-state index < -0.39 is 18.4 Å². The number of urea groups is 2. The van der Waals surface area contributed by atoms with Crippen LogP contribution in [0.3, 0.4) is 0 Å². The van der Waals surface area contributed by atoms with Crippen molar-refractivity contribution < 1.29 is 14.7 Å². The second kappa shape index (κ2) is 6.93. The summed E-state index contributed by atoms with van der Waals surface area (Å²) < 4.78 is 0. The molecule has 0 spiro atoms. The number of hydrogen-bond donors (Lipinski definition) is 1. The lowest BCUT2D eigenvalue weighted by atomic mass is 10.2. The molecule has 6 nitrogen and oxygen atoms in total. The van der Waals surface area contributed by atoms with Crippen LogP contribution in [0.2, 0.25) is 0 Å². The molecular weight excluding hydrogens is 270 g/mol. The fourth-order valence-corrected chi connectivity index (χ4v) is 2.28. The zero-order valence-corrected chi connectivity index (χ0v) is 13.7. The zero-order chi connectivity index (χ0) is 16.3. The monoisotopic (exact) mass is 297 g/mol. The van der Waals surface area contributed by atoms with Crippen LogP contribution in [-0.4, -0.2) is 57.9 Å². The van der Waals surface area contributed by atoms with Gasteiger partial charge in [0, 0.05) is 19.6 Å². The van der Waals surface area contributed by atoms with Gasteiger partial charge in [0.1, 0.15) is 0 Å². The Labute approximate surface area is 127 Å². The van der Waals surface area contributed by atoms with Gasteiger partial charge in [-0.2, -0.15) is 0 Å². The second-order valence-electron chi connectivity index (χ2n) is 6.55. The largest absolute Gasteiger partial charge is 0.356 e. The highest BCUT2D eigenvalue weighted by Gasteiger charge is 2.43. The molecule has 0 aromatic rings. The fourth-order valence-electron chi connectivity index (χ4n) is 2.28. The maximum absolute atomic E-state index is 12.5. The minimum Gasteiger partial charge on any atom is -0.356 e. The molecule has 0 saturated carbocycles. The first kappa shape index (κ1) is 17.5. The quantitative estimate of drug-likeness (QED) is 0.765. The zero-order valence-electron chi connectivity index (χ0n) is 13.7. The van der Waals surface area contributed by atoms with E-state index in [1.54, 1.807) is 6.92 Å². The van der Waals surface area contributed by atoms with Crippen molar-refractivity contribution >= 4 is 12.1 Å². The van der Waals surface area contributed by atoms with Crippen LogP contribution < -0.4 is 0 Å². The lowest BCUT2D eigenvalue weighted by molar-refractivity contribution is -0.0937. The van der Waals surface area contributed by atoms with E-state index in [1.807, 2.05) is 27.7 Å². The molecule has 21 heavy (non-hydrogen) atoms. The molecule has 0 radical (unpaired) electrons. The third-order valence-corrected chi connectivity index (χ3v) is 3.06. The molecule has 1 N–H and O–H groups in total. The van der Waals surface area contributed by atoms with Gasteiger partial charge in [-0.3, -0.25) is 9.80 Å². The topological polar surface area (TPSA) is 64.1 Å². The Morgan fingerprint density at radius 3 is 2.00 bits per heavy atom. The lowest BCUT2D eigenvalue weighted by Gasteiger charge is -2.45. The summed E-state index contributed by atoms with van der Waals surface area (Å²) in [7, 11) is 0. The summed E-state index contributed by atoms with van der Waals surface area (Å²) in [5.74, 6) is 0.366. The number of carbonyl (C=O) groups is 2. The maximum Gasteiger partial charge on any atom is 0.331 e. The number of aliphatic hydroxyl groups excluding tert-OH is 1. The van der Waals surface area contributed by atoms with Crippen molar-refractivity contribution in [1.29, 1.82) is 0 Å². The van der Waals surface area contributed by atoms with Crippen LogP contribution in [0.15, 0.2) is 12.2 Å². The van der Waals surface area contributed by atoms with Crippen molar-refractivity contribution in [2.45, 2.75) is 41.0 Å². The van der Waals surface area contributed by atoms with E-state index in [-0.39, 0.29) is 18.4 Å². The third-order valence-electron chi connectivity index (χ3n) is 3.06. The Balaban J connectivity index is 3.07. The van der Waals surface area contributed by atoms with E-state index in [0.29, 0.717) is 13.1 Å². The van der Waals surface area contributed by atoms with E-state index in [1.165, 1.54) is 14.7 Å². The molecule has 1 rings (SSSR count). The molecule has 1 fully saturated rings. The highest BCUT2D eigenvalue weighted by molar-refractivity contribution is 5.96. The molecule has 1 atom stereocenters. The van der Waals surface area contributed by atoms with Gasteiger partial charge in [0.05, 0.1) is 0 Å². The molecule has 1 unspecified atom stereocenters. The second-order valence-corrected chi connectivity index (χ2v) is 6.55. The molecule has 0 aromatic heterocycles.